The van der Waals surface area contributed by atoms with E-state index in [9.17, 15) is 13.2 Å². The SMILES string of the molecule is C=CCOc1ccc(-c2ccc(-c3ccc(C4OCC(CCCCC)CO4)c(F)c3)cc2)c(F)c1F. The molecule has 0 N–H and O–H groups in total. The van der Waals surface area contributed by atoms with Gasteiger partial charge >= 0.3 is 0 Å². The van der Waals surface area contributed by atoms with Crippen LogP contribution in [-0.2, 0) is 9.47 Å². The van der Waals surface area contributed by atoms with E-state index in [1.54, 1.807) is 36.4 Å². The first-order valence-electron chi connectivity index (χ1n) is 12.4. The second kappa shape index (κ2) is 12.2. The van der Waals surface area contributed by atoms with Gasteiger partial charge in [0.05, 0.1) is 13.2 Å². The average Bonchev–Trinajstić information content (AvgIpc) is 2.90. The fourth-order valence-electron chi connectivity index (χ4n) is 4.33. The molecule has 3 aromatic carbocycles. The Morgan fingerprint density at radius 2 is 1.58 bits per heavy atom. The van der Waals surface area contributed by atoms with Gasteiger partial charge in [0.15, 0.2) is 17.9 Å². The summed E-state index contributed by atoms with van der Waals surface area (Å²) < 4.78 is 60.7. The topological polar surface area (TPSA) is 27.7 Å². The van der Waals surface area contributed by atoms with Crippen molar-refractivity contribution in [2.75, 3.05) is 19.8 Å². The third-order valence-corrected chi connectivity index (χ3v) is 6.37. The van der Waals surface area contributed by atoms with Crippen LogP contribution in [0.15, 0.2) is 67.3 Å². The van der Waals surface area contributed by atoms with Crippen LogP contribution < -0.4 is 4.74 Å². The quantitative estimate of drug-likeness (QED) is 0.209. The zero-order valence-corrected chi connectivity index (χ0v) is 20.4. The Balaban J connectivity index is 1.44. The summed E-state index contributed by atoms with van der Waals surface area (Å²) in [6.07, 6.45) is 5.32. The first-order valence-corrected chi connectivity index (χ1v) is 12.4. The molecule has 1 fully saturated rings. The second-order valence-electron chi connectivity index (χ2n) is 9.01. The van der Waals surface area contributed by atoms with Gasteiger partial charge in [-0.15, -0.1) is 0 Å². The lowest BCUT2D eigenvalue weighted by Crippen LogP contribution is -2.27. The molecule has 0 bridgehead atoms. The summed E-state index contributed by atoms with van der Waals surface area (Å²) >= 11 is 0. The second-order valence-corrected chi connectivity index (χ2v) is 9.01. The van der Waals surface area contributed by atoms with Gasteiger partial charge in [-0.3, -0.25) is 0 Å². The number of hydrogen-bond donors (Lipinski definition) is 0. The summed E-state index contributed by atoms with van der Waals surface area (Å²) in [5.41, 5.74) is 2.40. The molecular weight excluding hydrogens is 465 g/mol. The van der Waals surface area contributed by atoms with Crippen LogP contribution in [0.5, 0.6) is 5.75 Å². The molecule has 1 aliphatic rings. The van der Waals surface area contributed by atoms with E-state index in [4.69, 9.17) is 14.2 Å². The summed E-state index contributed by atoms with van der Waals surface area (Å²) in [6, 6.07) is 14.6. The molecule has 3 aromatic rings. The molecule has 4 rings (SSSR count). The molecule has 36 heavy (non-hydrogen) atoms. The van der Waals surface area contributed by atoms with Crippen LogP contribution in [0.3, 0.4) is 0 Å². The maximum atomic E-state index is 15.0. The third-order valence-electron chi connectivity index (χ3n) is 6.37. The zero-order valence-electron chi connectivity index (χ0n) is 20.4. The molecule has 1 heterocycles. The first kappa shape index (κ1) is 26.0. The molecule has 0 aliphatic carbocycles. The monoisotopic (exact) mass is 496 g/mol. The lowest BCUT2D eigenvalue weighted by molar-refractivity contribution is -0.207. The van der Waals surface area contributed by atoms with Crippen molar-refractivity contribution in [3.05, 3.63) is 90.3 Å². The molecule has 1 saturated heterocycles. The molecular formula is C30H31F3O3. The van der Waals surface area contributed by atoms with Gasteiger partial charge in [-0.05, 0) is 41.3 Å². The zero-order chi connectivity index (χ0) is 25.5. The molecule has 0 saturated carbocycles. The molecule has 6 heteroatoms. The van der Waals surface area contributed by atoms with E-state index in [2.05, 4.69) is 13.5 Å². The Morgan fingerprint density at radius 3 is 2.25 bits per heavy atom. The normalized spacial score (nSPS) is 17.7. The predicted octanol–water partition coefficient (Wildman–Crippen LogP) is 8.24. The molecule has 1 aliphatic heterocycles. The van der Waals surface area contributed by atoms with Gasteiger partial charge in [0.1, 0.15) is 12.4 Å². The highest BCUT2D eigenvalue weighted by Crippen LogP contribution is 2.34. The van der Waals surface area contributed by atoms with Gasteiger partial charge in [0, 0.05) is 17.0 Å². The summed E-state index contributed by atoms with van der Waals surface area (Å²) in [4.78, 5) is 0. The fourth-order valence-corrected chi connectivity index (χ4v) is 4.33. The lowest BCUT2D eigenvalue weighted by atomic mass is 9.98. The summed E-state index contributed by atoms with van der Waals surface area (Å²) in [6.45, 7) is 6.88. The van der Waals surface area contributed by atoms with Crippen LogP contribution in [0.2, 0.25) is 0 Å². The minimum Gasteiger partial charge on any atom is -0.486 e. The van der Waals surface area contributed by atoms with Crippen molar-refractivity contribution < 1.29 is 27.4 Å². The van der Waals surface area contributed by atoms with Crippen LogP contribution in [-0.4, -0.2) is 19.8 Å². The Hall–Kier alpha value is -3.09. The minimum atomic E-state index is -1.05. The van der Waals surface area contributed by atoms with Crippen LogP contribution in [0.1, 0.15) is 44.5 Å². The van der Waals surface area contributed by atoms with Crippen molar-refractivity contribution in [3.8, 4) is 28.0 Å². The number of ether oxygens (including phenoxy) is 3. The van der Waals surface area contributed by atoms with E-state index in [1.165, 1.54) is 37.1 Å². The van der Waals surface area contributed by atoms with E-state index in [-0.39, 0.29) is 17.9 Å². The van der Waals surface area contributed by atoms with Crippen molar-refractivity contribution >= 4 is 0 Å². The number of hydrogen-bond acceptors (Lipinski definition) is 3. The Kier molecular flexibility index (Phi) is 8.83. The third kappa shape index (κ3) is 6.00. The maximum absolute atomic E-state index is 15.0. The van der Waals surface area contributed by atoms with Crippen molar-refractivity contribution in [2.45, 2.75) is 38.9 Å². The fraction of sp³-hybridized carbons (Fsp3) is 0.333. The van der Waals surface area contributed by atoms with E-state index in [1.807, 2.05) is 0 Å². The highest BCUT2D eigenvalue weighted by Gasteiger charge is 2.25. The maximum Gasteiger partial charge on any atom is 0.201 e. The number of unbranched alkanes of at least 4 members (excludes halogenated alkanes) is 2. The van der Waals surface area contributed by atoms with Crippen LogP contribution in [0, 0.1) is 23.4 Å². The molecule has 0 spiro atoms. The van der Waals surface area contributed by atoms with E-state index >= 15 is 0 Å². The predicted molar refractivity (Wildman–Crippen MR) is 135 cm³/mol. The van der Waals surface area contributed by atoms with Crippen molar-refractivity contribution in [2.24, 2.45) is 5.92 Å². The van der Waals surface area contributed by atoms with E-state index in [0.717, 1.165) is 18.4 Å². The molecule has 0 aromatic heterocycles. The first-order chi connectivity index (χ1) is 17.5. The van der Waals surface area contributed by atoms with Crippen molar-refractivity contribution in [1.82, 2.24) is 0 Å². The van der Waals surface area contributed by atoms with E-state index < -0.39 is 23.7 Å². The van der Waals surface area contributed by atoms with Crippen LogP contribution in [0.25, 0.3) is 22.3 Å². The van der Waals surface area contributed by atoms with Crippen molar-refractivity contribution in [1.29, 1.82) is 0 Å². The molecule has 3 nitrogen and oxygen atoms in total. The number of rotatable bonds is 10. The highest BCUT2D eigenvalue weighted by molar-refractivity contribution is 5.71. The van der Waals surface area contributed by atoms with Gasteiger partial charge in [-0.1, -0.05) is 75.2 Å². The van der Waals surface area contributed by atoms with Crippen molar-refractivity contribution in [3.63, 3.8) is 0 Å². The molecule has 0 unspecified atom stereocenters. The Bertz CT molecular complexity index is 1170. The number of halogens is 3. The molecule has 0 atom stereocenters. The Morgan fingerprint density at radius 1 is 0.889 bits per heavy atom. The molecule has 0 amide bonds. The number of benzene rings is 3. The Labute approximate surface area is 210 Å². The standard InChI is InChI=1S/C30H31F3O3/c1-3-5-6-7-20-18-35-30(36-19-20)25-13-12-23(17-26(25)31)21-8-10-22(11-9-21)24-14-15-27(34-16-4-2)29(33)28(24)32/h4,8-15,17,20,30H,2-3,5-7,16,18-19H2,1H3. The lowest BCUT2D eigenvalue weighted by Gasteiger charge is -2.30. The summed E-state index contributed by atoms with van der Waals surface area (Å²) in [5, 5.41) is 0. The van der Waals surface area contributed by atoms with Gasteiger partial charge in [-0.25, -0.2) is 8.78 Å². The van der Waals surface area contributed by atoms with Gasteiger partial charge in [0.2, 0.25) is 5.82 Å². The largest absolute Gasteiger partial charge is 0.486 e. The van der Waals surface area contributed by atoms with Gasteiger partial charge < -0.3 is 14.2 Å². The van der Waals surface area contributed by atoms with Crippen LogP contribution >= 0.6 is 0 Å². The molecule has 190 valence electrons. The van der Waals surface area contributed by atoms with Gasteiger partial charge in [-0.2, -0.15) is 4.39 Å². The summed E-state index contributed by atoms with van der Waals surface area (Å²) in [7, 11) is 0. The minimum absolute atomic E-state index is 0.0817. The van der Waals surface area contributed by atoms with Crippen LogP contribution in [0.4, 0.5) is 13.2 Å². The van der Waals surface area contributed by atoms with E-state index in [0.29, 0.717) is 35.8 Å². The summed E-state index contributed by atoms with van der Waals surface area (Å²) in [5.74, 6) is -2.26. The highest BCUT2D eigenvalue weighted by atomic mass is 19.2. The van der Waals surface area contributed by atoms with Gasteiger partial charge in [0.25, 0.3) is 0 Å². The molecule has 0 radical (unpaired) electrons. The average molecular weight is 497 g/mol. The smallest absolute Gasteiger partial charge is 0.201 e.